The summed E-state index contributed by atoms with van der Waals surface area (Å²) in [7, 11) is 1.40. The summed E-state index contributed by atoms with van der Waals surface area (Å²) in [5.41, 5.74) is 2.89. The van der Waals surface area contributed by atoms with E-state index in [1.807, 2.05) is 0 Å². The number of benzene rings is 1. The summed E-state index contributed by atoms with van der Waals surface area (Å²) in [6.07, 6.45) is 0. The summed E-state index contributed by atoms with van der Waals surface area (Å²) in [6.45, 7) is 2.25. The Balaban J connectivity index is 2.48. The third kappa shape index (κ3) is 2.93. The topological polar surface area (TPSA) is 12.0 Å². The van der Waals surface area contributed by atoms with Crippen LogP contribution in [-0.4, -0.2) is 19.9 Å². The Morgan fingerprint density at radius 2 is 2.08 bits per heavy atom. The largest absolute Gasteiger partial charge is 0.336 e. The molecule has 0 saturated heterocycles. The van der Waals surface area contributed by atoms with Crippen LogP contribution in [0.1, 0.15) is 18.5 Å². The van der Waals surface area contributed by atoms with Gasteiger partial charge in [0.05, 0.1) is 9.68 Å². The molecular weight excluding hydrogens is 178 g/mol. The van der Waals surface area contributed by atoms with Gasteiger partial charge in [0.2, 0.25) is 0 Å². The highest BCUT2D eigenvalue weighted by Gasteiger charge is 2.00. The van der Waals surface area contributed by atoms with Crippen molar-refractivity contribution in [1.82, 2.24) is 4.98 Å². The molecule has 0 amide bonds. The average Bonchev–Trinajstić information content (AvgIpc) is 2.15. The van der Waals surface area contributed by atoms with Crippen LogP contribution in [0.2, 0.25) is 5.67 Å². The second-order valence-electron chi connectivity index (χ2n) is 3.09. The monoisotopic (exact) mass is 195 g/mol. The van der Waals surface area contributed by atoms with Crippen LogP contribution in [0.15, 0.2) is 30.3 Å². The third-order valence-electron chi connectivity index (χ3n) is 2.00. The summed E-state index contributed by atoms with van der Waals surface area (Å²) in [4.78, 5) is 3.62. The molecule has 0 aliphatic rings. The molecule has 0 spiro atoms. The molecule has 0 radical (unpaired) electrons. The van der Waals surface area contributed by atoms with Crippen LogP contribution in [0.25, 0.3) is 0 Å². The van der Waals surface area contributed by atoms with Crippen molar-refractivity contribution >= 4 is 19.9 Å². The normalized spacial score (nSPS) is 14.1. The van der Waals surface area contributed by atoms with E-state index in [0.29, 0.717) is 6.04 Å². The molecule has 0 aliphatic carbocycles. The first-order valence-corrected chi connectivity index (χ1v) is 7.75. The van der Waals surface area contributed by atoms with E-state index in [2.05, 4.69) is 42.2 Å². The maximum Gasteiger partial charge on any atom is 0.0889 e. The molecule has 1 aromatic rings. The number of hydrogen-bond acceptors (Lipinski definition) is 1. The van der Waals surface area contributed by atoms with Gasteiger partial charge in [-0.15, -0.1) is 0 Å². The Kier molecular flexibility index (Phi) is 4.28. The maximum atomic E-state index is 3.62. The van der Waals surface area contributed by atoms with Crippen molar-refractivity contribution in [2.24, 2.45) is 0 Å². The van der Waals surface area contributed by atoms with Gasteiger partial charge < -0.3 is 4.98 Å². The van der Waals surface area contributed by atoms with Crippen molar-refractivity contribution in [2.45, 2.75) is 18.6 Å². The van der Waals surface area contributed by atoms with Crippen molar-refractivity contribution < 1.29 is 0 Å². The quantitative estimate of drug-likeness (QED) is 0.675. The van der Waals surface area contributed by atoms with E-state index in [0.717, 1.165) is 0 Å². The zero-order valence-corrected chi connectivity index (χ0v) is 11.3. The minimum atomic E-state index is 0.0422. The molecule has 0 bridgehead atoms. The molecule has 0 fully saturated rings. The average molecular weight is 195 g/mol. The molecule has 0 aromatic heterocycles. The minimum absolute atomic E-state index is 0.0422. The fourth-order valence-electron chi connectivity index (χ4n) is 1.22. The van der Waals surface area contributed by atoms with Crippen LogP contribution in [0, 0.1) is 0 Å². The van der Waals surface area contributed by atoms with Crippen LogP contribution >= 0.6 is 0 Å². The Labute approximate surface area is 79.9 Å². The fraction of sp³-hybridized carbons (Fsp3) is 0.333. The van der Waals surface area contributed by atoms with Gasteiger partial charge in [0.1, 0.15) is 0 Å². The first-order chi connectivity index (χ1) is 5.84. The second-order valence-corrected chi connectivity index (χ2v) is 7.99. The first-order valence-electron chi connectivity index (χ1n) is 4.63. The van der Waals surface area contributed by atoms with Crippen molar-refractivity contribution in [3.05, 3.63) is 35.9 Å². The van der Waals surface area contributed by atoms with Gasteiger partial charge in [0.25, 0.3) is 0 Å². The summed E-state index contributed by atoms with van der Waals surface area (Å²) in [6, 6.07) is 11.2. The lowest BCUT2D eigenvalue weighted by atomic mass is 10.1. The van der Waals surface area contributed by atoms with Gasteiger partial charge in [-0.25, -0.2) is 0 Å². The van der Waals surface area contributed by atoms with E-state index in [9.17, 15) is 0 Å². The van der Waals surface area contributed by atoms with Crippen LogP contribution in [0.5, 0.6) is 0 Å². The van der Waals surface area contributed by atoms with Gasteiger partial charge in [-0.3, -0.25) is 0 Å². The zero-order chi connectivity index (χ0) is 8.81. The number of hydrogen-bond donors (Lipinski definition) is 1. The van der Waals surface area contributed by atoms with Crippen LogP contribution in [0.4, 0.5) is 0 Å². The highest BCUT2D eigenvalue weighted by Crippen LogP contribution is 2.09. The molecule has 66 valence electrons. The number of rotatable bonds is 4. The summed E-state index contributed by atoms with van der Waals surface area (Å²) in [5, 5.41) is 0. The lowest BCUT2D eigenvalue weighted by Crippen LogP contribution is -2.22. The fourth-order valence-corrected chi connectivity index (χ4v) is 3.04. The van der Waals surface area contributed by atoms with Gasteiger partial charge in [-0.05, 0) is 12.5 Å². The molecule has 12 heavy (non-hydrogen) atoms. The van der Waals surface area contributed by atoms with Crippen LogP contribution in [0.3, 0.4) is 0 Å². The summed E-state index contributed by atoms with van der Waals surface area (Å²) in [5.74, 6) is 0. The van der Waals surface area contributed by atoms with Crippen molar-refractivity contribution in [3.63, 3.8) is 0 Å². The maximum absolute atomic E-state index is 3.62. The lowest BCUT2D eigenvalue weighted by molar-refractivity contribution is 0.737. The smallest absolute Gasteiger partial charge is 0.0889 e. The minimum Gasteiger partial charge on any atom is -0.336 e. The van der Waals surface area contributed by atoms with E-state index >= 15 is 0 Å². The molecule has 3 heteroatoms. The molecule has 1 rings (SSSR count). The summed E-state index contributed by atoms with van der Waals surface area (Å²) >= 11 is 0. The lowest BCUT2D eigenvalue weighted by Gasteiger charge is -2.12. The third-order valence-corrected chi connectivity index (χ3v) is 4.90. The van der Waals surface area contributed by atoms with Crippen molar-refractivity contribution in [1.29, 1.82) is 0 Å². The SMILES string of the molecule is CC(N[SiH2]C[SiH3])c1ccccc1. The van der Waals surface area contributed by atoms with Gasteiger partial charge >= 0.3 is 0 Å². The second kappa shape index (κ2) is 5.29. The van der Waals surface area contributed by atoms with Crippen LogP contribution in [-0.2, 0) is 0 Å². The Morgan fingerprint density at radius 1 is 1.42 bits per heavy atom. The number of nitrogens with one attached hydrogen (secondary N) is 1. The Morgan fingerprint density at radius 3 is 2.67 bits per heavy atom. The van der Waals surface area contributed by atoms with Crippen molar-refractivity contribution in [2.75, 3.05) is 0 Å². The molecule has 1 atom stereocenters. The van der Waals surface area contributed by atoms with E-state index in [1.54, 1.807) is 0 Å². The predicted octanol–water partition coefficient (Wildman–Crippen LogP) is 0.162. The predicted molar refractivity (Wildman–Crippen MR) is 61.3 cm³/mol. The van der Waals surface area contributed by atoms with E-state index in [4.69, 9.17) is 0 Å². The van der Waals surface area contributed by atoms with Gasteiger partial charge in [-0.2, -0.15) is 0 Å². The molecule has 0 heterocycles. The van der Waals surface area contributed by atoms with Crippen LogP contribution < -0.4 is 4.98 Å². The van der Waals surface area contributed by atoms with E-state index in [1.165, 1.54) is 21.5 Å². The standard InChI is InChI=1S/C9H17NSi2/c1-8(10-12-7-11)9-5-3-2-4-6-9/h2-6,8,10H,7,12H2,1,11H3. The zero-order valence-electron chi connectivity index (χ0n) is 7.88. The summed E-state index contributed by atoms with van der Waals surface area (Å²) < 4.78 is 0. The van der Waals surface area contributed by atoms with E-state index in [-0.39, 0.29) is 9.68 Å². The van der Waals surface area contributed by atoms with Crippen molar-refractivity contribution in [3.8, 4) is 0 Å². The highest BCUT2D eigenvalue weighted by atomic mass is 28.3. The Bertz CT molecular complexity index is 213. The molecular formula is C9H17NSi2. The van der Waals surface area contributed by atoms with Gasteiger partial charge in [-0.1, -0.05) is 36.0 Å². The molecule has 1 aromatic carbocycles. The molecule has 0 saturated carbocycles. The Hall–Kier alpha value is -0.386. The van der Waals surface area contributed by atoms with Gasteiger partial charge in [0.15, 0.2) is 0 Å². The first kappa shape index (κ1) is 9.70. The molecule has 1 nitrogen and oxygen atoms in total. The van der Waals surface area contributed by atoms with Gasteiger partial charge in [0, 0.05) is 16.3 Å². The highest BCUT2D eigenvalue weighted by molar-refractivity contribution is 6.44. The molecule has 1 unspecified atom stereocenters. The van der Waals surface area contributed by atoms with E-state index < -0.39 is 0 Å². The molecule has 0 aliphatic heterocycles. The molecule has 1 N–H and O–H groups in total.